The second-order valence-electron chi connectivity index (χ2n) is 8.64. The Morgan fingerprint density at radius 1 is 0.941 bits per heavy atom. The van der Waals surface area contributed by atoms with E-state index in [0.29, 0.717) is 37.7 Å². The monoisotopic (exact) mass is 466 g/mol. The Kier molecular flexibility index (Phi) is 6.21. The summed E-state index contributed by atoms with van der Waals surface area (Å²) in [5.41, 5.74) is 1.76. The van der Waals surface area contributed by atoms with Crippen molar-refractivity contribution in [1.29, 1.82) is 0 Å². The minimum atomic E-state index is -0.534. The smallest absolute Gasteiger partial charge is 0.291 e. The first-order valence-electron chi connectivity index (χ1n) is 11.4. The molecule has 9 heteroatoms. The number of morpholine rings is 1. The molecule has 5 rings (SSSR count). The van der Waals surface area contributed by atoms with Gasteiger partial charge in [-0.3, -0.25) is 9.59 Å². The van der Waals surface area contributed by atoms with Crippen molar-refractivity contribution >= 4 is 33.9 Å². The fourth-order valence-corrected chi connectivity index (χ4v) is 4.44. The summed E-state index contributed by atoms with van der Waals surface area (Å²) in [5, 5.41) is 3.01. The van der Waals surface area contributed by atoms with Crippen LogP contribution in [-0.4, -0.2) is 70.3 Å². The number of fused-ring (bicyclic) bond motifs is 1. The zero-order chi connectivity index (χ0) is 23.7. The highest BCUT2D eigenvalue weighted by atomic mass is 19.1. The third-order valence-corrected chi connectivity index (χ3v) is 6.35. The fraction of sp³-hybridized carbons (Fsp3) is 0.360. The molecule has 0 atom stereocenters. The molecule has 2 aliphatic rings. The van der Waals surface area contributed by atoms with Gasteiger partial charge in [-0.25, -0.2) is 4.39 Å². The normalized spacial score (nSPS) is 17.2. The second kappa shape index (κ2) is 9.44. The van der Waals surface area contributed by atoms with Crippen molar-refractivity contribution in [2.75, 3.05) is 74.6 Å². The van der Waals surface area contributed by atoms with Crippen LogP contribution in [0.25, 0.3) is 11.0 Å². The summed E-state index contributed by atoms with van der Waals surface area (Å²) in [6.07, 6.45) is 0. The molecule has 3 aromatic rings. The van der Waals surface area contributed by atoms with E-state index in [1.807, 2.05) is 36.2 Å². The average Bonchev–Trinajstić information content (AvgIpc) is 2.85. The summed E-state index contributed by atoms with van der Waals surface area (Å²) in [6.45, 7) is 5.63. The Hall–Kier alpha value is -3.43. The van der Waals surface area contributed by atoms with Crippen LogP contribution in [-0.2, 0) is 4.74 Å². The maximum absolute atomic E-state index is 14.4. The zero-order valence-corrected chi connectivity index (χ0v) is 19.1. The van der Waals surface area contributed by atoms with Crippen molar-refractivity contribution in [2.24, 2.45) is 0 Å². The number of nitrogens with zero attached hydrogens (tertiary/aromatic N) is 3. The molecule has 34 heavy (non-hydrogen) atoms. The van der Waals surface area contributed by atoms with E-state index in [0.717, 1.165) is 44.0 Å². The topological polar surface area (TPSA) is 78.3 Å². The molecule has 178 valence electrons. The molecular weight excluding hydrogens is 439 g/mol. The van der Waals surface area contributed by atoms with E-state index in [9.17, 15) is 14.0 Å². The molecule has 3 heterocycles. The van der Waals surface area contributed by atoms with Crippen LogP contribution >= 0.6 is 0 Å². The lowest BCUT2D eigenvalue weighted by molar-refractivity contribution is 0.0997. The Balaban J connectivity index is 1.49. The van der Waals surface area contributed by atoms with Gasteiger partial charge in [-0.15, -0.1) is 0 Å². The zero-order valence-electron chi connectivity index (χ0n) is 19.1. The standard InChI is InChI=1S/C25H27FN4O4/c1-28-6-8-29(9-7-28)21-15-17(26)14-18-22(31)16-23(34-24(18)21)25(32)27-19-4-2-3-5-20(19)30-10-12-33-13-11-30/h2-5,14-16H,6-13H2,1H3,(H,27,32). The van der Waals surface area contributed by atoms with Crippen LogP contribution in [0.15, 0.2) is 51.7 Å². The van der Waals surface area contributed by atoms with E-state index < -0.39 is 17.2 Å². The predicted molar refractivity (Wildman–Crippen MR) is 130 cm³/mol. The lowest BCUT2D eigenvalue weighted by Gasteiger charge is -2.34. The summed E-state index contributed by atoms with van der Waals surface area (Å²) in [4.78, 5) is 32.3. The van der Waals surface area contributed by atoms with Crippen LogP contribution in [0, 0.1) is 5.82 Å². The Labute approximate surface area is 196 Å². The summed E-state index contributed by atoms with van der Waals surface area (Å²) in [5.74, 6) is -1.16. The number of piperazine rings is 1. The summed E-state index contributed by atoms with van der Waals surface area (Å²) >= 11 is 0. The molecule has 0 unspecified atom stereocenters. The van der Waals surface area contributed by atoms with Gasteiger partial charge in [0.2, 0.25) is 0 Å². The number of hydrogen-bond donors (Lipinski definition) is 1. The molecule has 2 aliphatic heterocycles. The van der Waals surface area contributed by atoms with E-state index in [2.05, 4.69) is 15.1 Å². The first-order chi connectivity index (χ1) is 16.5. The van der Waals surface area contributed by atoms with Crippen LogP contribution in [0.2, 0.25) is 0 Å². The summed E-state index contributed by atoms with van der Waals surface area (Å²) in [7, 11) is 2.03. The molecule has 0 aliphatic carbocycles. The van der Waals surface area contributed by atoms with Gasteiger partial charge in [0.1, 0.15) is 5.82 Å². The van der Waals surface area contributed by atoms with Gasteiger partial charge in [0.05, 0.1) is 35.7 Å². The Morgan fingerprint density at radius 3 is 2.41 bits per heavy atom. The molecule has 0 spiro atoms. The van der Waals surface area contributed by atoms with Crippen molar-refractivity contribution in [3.05, 3.63) is 64.3 Å². The van der Waals surface area contributed by atoms with Crippen LogP contribution in [0.5, 0.6) is 0 Å². The quantitative estimate of drug-likeness (QED) is 0.634. The molecule has 0 bridgehead atoms. The number of amides is 1. The van der Waals surface area contributed by atoms with Crippen molar-refractivity contribution in [3.8, 4) is 0 Å². The number of para-hydroxylation sites is 2. The number of benzene rings is 2. The first-order valence-corrected chi connectivity index (χ1v) is 11.4. The SMILES string of the molecule is CN1CCN(c2cc(F)cc3c(=O)cc(C(=O)Nc4ccccc4N4CCOCC4)oc23)CC1. The molecule has 1 aromatic heterocycles. The maximum Gasteiger partial charge on any atom is 0.291 e. The minimum absolute atomic E-state index is 0.115. The number of hydrogen-bond acceptors (Lipinski definition) is 7. The molecule has 2 saturated heterocycles. The number of halogens is 1. The number of carbonyl (C=O) groups is 1. The average molecular weight is 467 g/mol. The fourth-order valence-electron chi connectivity index (χ4n) is 4.44. The molecule has 1 amide bonds. The van der Waals surface area contributed by atoms with Crippen molar-refractivity contribution in [1.82, 2.24) is 4.90 Å². The van der Waals surface area contributed by atoms with Gasteiger partial charge >= 0.3 is 0 Å². The largest absolute Gasteiger partial charge is 0.448 e. The molecular formula is C25H27FN4O4. The number of likely N-dealkylation sites (N-methyl/N-ethyl adjacent to an activating group) is 1. The Morgan fingerprint density at radius 2 is 1.65 bits per heavy atom. The lowest BCUT2D eigenvalue weighted by Crippen LogP contribution is -2.44. The van der Waals surface area contributed by atoms with Crippen molar-refractivity contribution < 1.29 is 18.3 Å². The highest BCUT2D eigenvalue weighted by Crippen LogP contribution is 2.30. The highest BCUT2D eigenvalue weighted by Gasteiger charge is 2.23. The predicted octanol–water partition coefficient (Wildman–Crippen LogP) is 2.77. The van der Waals surface area contributed by atoms with E-state index in [1.54, 1.807) is 0 Å². The second-order valence-corrected chi connectivity index (χ2v) is 8.64. The number of carbonyl (C=O) groups excluding carboxylic acids is 1. The van der Waals surface area contributed by atoms with Gasteiger partial charge in [0.15, 0.2) is 16.8 Å². The van der Waals surface area contributed by atoms with Gasteiger partial charge in [-0.2, -0.15) is 0 Å². The first kappa shape index (κ1) is 22.4. The van der Waals surface area contributed by atoms with Gasteiger partial charge in [-0.05, 0) is 25.2 Å². The highest BCUT2D eigenvalue weighted by molar-refractivity contribution is 6.05. The van der Waals surface area contributed by atoms with E-state index in [-0.39, 0.29) is 16.7 Å². The van der Waals surface area contributed by atoms with Crippen LogP contribution < -0.4 is 20.5 Å². The maximum atomic E-state index is 14.4. The molecule has 2 fully saturated rings. The molecule has 0 saturated carbocycles. The van der Waals surface area contributed by atoms with Gasteiger partial charge < -0.3 is 29.2 Å². The van der Waals surface area contributed by atoms with E-state index in [1.165, 1.54) is 6.07 Å². The lowest BCUT2D eigenvalue weighted by atomic mass is 10.1. The number of rotatable bonds is 4. The molecule has 2 aromatic carbocycles. The van der Waals surface area contributed by atoms with E-state index >= 15 is 0 Å². The molecule has 1 N–H and O–H groups in total. The van der Waals surface area contributed by atoms with E-state index in [4.69, 9.17) is 9.15 Å². The third kappa shape index (κ3) is 4.49. The third-order valence-electron chi connectivity index (χ3n) is 6.35. The van der Waals surface area contributed by atoms with Crippen LogP contribution in [0.3, 0.4) is 0 Å². The minimum Gasteiger partial charge on any atom is -0.448 e. The summed E-state index contributed by atoms with van der Waals surface area (Å²) in [6, 6.07) is 11.2. The van der Waals surface area contributed by atoms with Crippen LogP contribution in [0.1, 0.15) is 10.6 Å². The molecule has 0 radical (unpaired) electrons. The Bertz CT molecular complexity index is 1260. The summed E-state index contributed by atoms with van der Waals surface area (Å²) < 4.78 is 25.8. The van der Waals surface area contributed by atoms with Gasteiger partial charge in [0.25, 0.3) is 5.91 Å². The van der Waals surface area contributed by atoms with Crippen LogP contribution in [0.4, 0.5) is 21.5 Å². The number of ether oxygens (including phenoxy) is 1. The van der Waals surface area contributed by atoms with Crippen molar-refractivity contribution in [2.45, 2.75) is 0 Å². The van der Waals surface area contributed by atoms with Gasteiger partial charge in [-0.1, -0.05) is 12.1 Å². The van der Waals surface area contributed by atoms with Crippen molar-refractivity contribution in [3.63, 3.8) is 0 Å². The van der Waals surface area contributed by atoms with Gasteiger partial charge in [0, 0.05) is 51.4 Å². The molecule has 8 nitrogen and oxygen atoms in total. The number of nitrogens with one attached hydrogen (secondary N) is 1. The number of anilines is 3.